The number of hydrogen-bond acceptors (Lipinski definition) is 21. The zero-order chi connectivity index (χ0) is 44.4. The highest BCUT2D eigenvalue weighted by molar-refractivity contribution is 5.82. The molecule has 0 aromatic carbocycles. The number of aliphatic hydroxyl groups is 10. The number of nitrogens with one attached hydrogen (secondary N) is 2. The minimum absolute atomic E-state index is 0.00942. The smallest absolute Gasteiger partial charge is 0.234 e. The van der Waals surface area contributed by atoms with Crippen LogP contribution in [0.1, 0.15) is 90.4 Å². The molecular weight excluding hydrogens is 802 g/mol. The zero-order valence-corrected chi connectivity index (χ0v) is 34.2. The van der Waals surface area contributed by atoms with Crippen LogP contribution in [-0.4, -0.2) is 200 Å². The predicted molar refractivity (Wildman–Crippen MR) is 205 cm³/mol. The number of aliphatic hydroxyl groups excluding tert-OH is 10. The number of hydrazine groups is 1. The first-order valence-corrected chi connectivity index (χ1v) is 20.9. The largest absolute Gasteiger partial charge is 0.394 e. The number of Topliss-reactive ketones (excluding diaryl/α,β-unsaturated/α-hetero) is 2. The van der Waals surface area contributed by atoms with Gasteiger partial charge in [0.2, 0.25) is 5.91 Å². The van der Waals surface area contributed by atoms with E-state index in [1.165, 1.54) is 6.92 Å². The van der Waals surface area contributed by atoms with E-state index in [1.807, 2.05) is 0 Å². The van der Waals surface area contributed by atoms with Crippen LogP contribution in [0.3, 0.4) is 0 Å². The van der Waals surface area contributed by atoms with E-state index < -0.39 is 118 Å². The first kappa shape index (κ1) is 52.4. The molecule has 3 aliphatic rings. The number of ketones is 2. The van der Waals surface area contributed by atoms with Crippen LogP contribution in [0.4, 0.5) is 0 Å². The van der Waals surface area contributed by atoms with Gasteiger partial charge in [-0.2, -0.15) is 0 Å². The molecule has 0 aromatic rings. The van der Waals surface area contributed by atoms with Crippen molar-refractivity contribution in [3.05, 3.63) is 0 Å². The molecule has 60 heavy (non-hydrogen) atoms. The topological polar surface area (TPSA) is 359 Å². The van der Waals surface area contributed by atoms with E-state index in [0.717, 1.165) is 38.5 Å². The van der Waals surface area contributed by atoms with Crippen molar-refractivity contribution in [2.45, 2.75) is 189 Å². The minimum atomic E-state index is -1.88. The normalized spacial score (nSPS) is 35.2. The lowest BCUT2D eigenvalue weighted by Crippen LogP contribution is -2.65. The second kappa shape index (κ2) is 27.3. The summed E-state index contributed by atoms with van der Waals surface area (Å²) in [5, 5.41) is 103. The number of carbonyl (C=O) groups is 3. The second-order valence-corrected chi connectivity index (χ2v) is 15.6. The molecule has 0 saturated carbocycles. The van der Waals surface area contributed by atoms with Crippen LogP contribution < -0.4 is 16.6 Å². The van der Waals surface area contributed by atoms with Crippen LogP contribution in [0, 0.1) is 0 Å². The van der Waals surface area contributed by atoms with Crippen LogP contribution in [0.5, 0.6) is 0 Å². The van der Waals surface area contributed by atoms with Crippen LogP contribution in [0.2, 0.25) is 0 Å². The average Bonchev–Trinajstić information content (AvgIpc) is 3.22. The van der Waals surface area contributed by atoms with Gasteiger partial charge in [0.1, 0.15) is 84.8 Å². The predicted octanol–water partition coefficient (Wildman–Crippen LogP) is -4.37. The standard InChI is InChI=1S/C38H69N3O19/c1-20(44)22(13-8-9-15-39)40-41-26(46)14-7-5-3-2-4-6-11-21(45)12-10-16-55-37-34(54)35(60-38-33(53)31(51)28(48)24(18-43)58-38)29(49)25(59-37)19-56-36-32(52)30(50)27(47)23(17-42)57-36/h22-25,27-38,40,42-43,47-54H,2-19,39H2,1H3,(H,41,46)/t22-,23+,24+,25+,27+,28+,29+,30-,31-,32-,33-,34-,35-,36-,37+,38+/m0/s1. The second-order valence-electron chi connectivity index (χ2n) is 15.6. The van der Waals surface area contributed by atoms with Gasteiger partial charge in [-0.05, 0) is 45.6 Å². The average molecular weight is 872 g/mol. The third-order valence-corrected chi connectivity index (χ3v) is 10.9. The summed E-state index contributed by atoms with van der Waals surface area (Å²) >= 11 is 0. The fourth-order valence-electron chi connectivity index (χ4n) is 7.08. The van der Waals surface area contributed by atoms with Crippen LogP contribution in [-0.2, 0) is 42.8 Å². The Morgan fingerprint density at radius 1 is 0.600 bits per heavy atom. The molecule has 3 saturated heterocycles. The Bertz CT molecular complexity index is 1250. The lowest BCUT2D eigenvalue weighted by Gasteiger charge is -2.46. The van der Waals surface area contributed by atoms with Gasteiger partial charge >= 0.3 is 0 Å². The molecule has 0 aromatic heterocycles. The Morgan fingerprint density at radius 3 is 1.73 bits per heavy atom. The fraction of sp³-hybridized carbons (Fsp3) is 0.921. The first-order valence-electron chi connectivity index (χ1n) is 20.9. The molecule has 0 aliphatic carbocycles. The van der Waals surface area contributed by atoms with Gasteiger partial charge in [-0.15, -0.1) is 0 Å². The highest BCUT2D eigenvalue weighted by Crippen LogP contribution is 2.31. The summed E-state index contributed by atoms with van der Waals surface area (Å²) in [4.78, 5) is 36.5. The van der Waals surface area contributed by atoms with Crippen molar-refractivity contribution in [1.82, 2.24) is 10.9 Å². The minimum Gasteiger partial charge on any atom is -0.394 e. The van der Waals surface area contributed by atoms with Crippen molar-refractivity contribution < 1.29 is 93.9 Å². The zero-order valence-electron chi connectivity index (χ0n) is 34.2. The van der Waals surface area contributed by atoms with Crippen molar-refractivity contribution in [2.75, 3.05) is 33.0 Å². The summed E-state index contributed by atoms with van der Waals surface area (Å²) in [6, 6.07) is -0.440. The van der Waals surface area contributed by atoms with Crippen molar-refractivity contribution in [3.63, 3.8) is 0 Å². The monoisotopic (exact) mass is 871 g/mol. The number of unbranched alkanes of at least 4 members (excludes halogenated alkanes) is 6. The number of hydrogen-bond donors (Lipinski definition) is 13. The van der Waals surface area contributed by atoms with Crippen molar-refractivity contribution in [1.29, 1.82) is 0 Å². The SMILES string of the molecule is CC(=O)[C@H](CCCCN)NNC(=O)CCCCCCCCC(=O)CCCO[C@@H]1O[C@H](CO[C@H]2O[C@H](CO)[C@@H](O)[C@H](O)[C@@H]2O)[C@@H](O)[C@H](O[C@H]2O[C@H](CO)[C@@H](O)[C@H](O)[C@@H]2O)[C@@H]1O. The molecule has 14 N–H and O–H groups in total. The third-order valence-electron chi connectivity index (χ3n) is 10.9. The molecule has 3 fully saturated rings. The molecule has 3 heterocycles. The van der Waals surface area contributed by atoms with E-state index in [4.69, 9.17) is 34.2 Å². The van der Waals surface area contributed by atoms with Gasteiger partial charge in [0.15, 0.2) is 18.9 Å². The van der Waals surface area contributed by atoms with Gasteiger partial charge in [0, 0.05) is 19.3 Å². The highest BCUT2D eigenvalue weighted by atomic mass is 16.7. The Kier molecular flexibility index (Phi) is 23.9. The van der Waals surface area contributed by atoms with Gasteiger partial charge in [0.25, 0.3) is 0 Å². The Labute approximate surface area is 349 Å². The van der Waals surface area contributed by atoms with Gasteiger partial charge in [0.05, 0.1) is 32.5 Å². The Morgan fingerprint density at radius 2 is 1.13 bits per heavy atom. The summed E-state index contributed by atoms with van der Waals surface area (Å²) in [6.45, 7) is -0.169. The number of ether oxygens (including phenoxy) is 6. The molecule has 0 bridgehead atoms. The fourth-order valence-corrected chi connectivity index (χ4v) is 7.08. The molecule has 0 unspecified atom stereocenters. The molecule has 350 valence electrons. The van der Waals surface area contributed by atoms with E-state index in [0.29, 0.717) is 38.6 Å². The molecule has 3 rings (SSSR count). The maximum absolute atomic E-state index is 12.6. The molecular formula is C38H69N3O19. The van der Waals surface area contributed by atoms with Gasteiger partial charge < -0.3 is 85.2 Å². The summed E-state index contributed by atoms with van der Waals surface area (Å²) in [5.41, 5.74) is 10.9. The summed E-state index contributed by atoms with van der Waals surface area (Å²) in [6.07, 6.45) is -16.8. The molecule has 1 amide bonds. The number of amides is 1. The Balaban J connectivity index is 1.43. The molecule has 22 nitrogen and oxygen atoms in total. The Hall–Kier alpha value is -1.91. The maximum atomic E-state index is 12.6. The number of rotatable bonds is 28. The van der Waals surface area contributed by atoms with E-state index >= 15 is 0 Å². The van der Waals surface area contributed by atoms with E-state index in [1.54, 1.807) is 0 Å². The van der Waals surface area contributed by atoms with Crippen LogP contribution >= 0.6 is 0 Å². The molecule has 0 spiro atoms. The number of carbonyl (C=O) groups excluding carboxylic acids is 3. The lowest BCUT2D eigenvalue weighted by molar-refractivity contribution is -0.366. The number of nitrogens with two attached hydrogens (primary N) is 1. The quantitative estimate of drug-likeness (QED) is 0.0261. The van der Waals surface area contributed by atoms with Crippen LogP contribution in [0.15, 0.2) is 0 Å². The molecule has 16 atom stereocenters. The van der Waals surface area contributed by atoms with E-state index in [9.17, 15) is 65.4 Å². The molecule has 3 aliphatic heterocycles. The summed E-state index contributed by atoms with van der Waals surface area (Å²) < 4.78 is 33.5. The summed E-state index contributed by atoms with van der Waals surface area (Å²) in [5.74, 6) is -0.242. The molecule has 22 heteroatoms. The van der Waals surface area contributed by atoms with Crippen molar-refractivity contribution in [3.8, 4) is 0 Å². The highest BCUT2D eigenvalue weighted by Gasteiger charge is 2.52. The van der Waals surface area contributed by atoms with E-state index in [-0.39, 0.29) is 36.9 Å². The maximum Gasteiger partial charge on any atom is 0.234 e. The lowest BCUT2D eigenvalue weighted by atomic mass is 9.96. The molecule has 0 radical (unpaired) electrons. The third kappa shape index (κ3) is 16.0. The van der Waals surface area contributed by atoms with Crippen molar-refractivity contribution >= 4 is 17.5 Å². The van der Waals surface area contributed by atoms with Gasteiger partial charge in [-0.3, -0.25) is 19.8 Å². The van der Waals surface area contributed by atoms with Crippen LogP contribution in [0.25, 0.3) is 0 Å². The first-order chi connectivity index (χ1) is 28.6. The summed E-state index contributed by atoms with van der Waals surface area (Å²) in [7, 11) is 0. The van der Waals surface area contributed by atoms with E-state index in [2.05, 4.69) is 10.9 Å². The van der Waals surface area contributed by atoms with Gasteiger partial charge in [-0.25, -0.2) is 5.43 Å². The van der Waals surface area contributed by atoms with Crippen molar-refractivity contribution in [2.24, 2.45) is 5.73 Å². The van der Waals surface area contributed by atoms with Gasteiger partial charge in [-0.1, -0.05) is 32.1 Å².